The molecule has 0 radical (unpaired) electrons. The van der Waals surface area contributed by atoms with Crippen LogP contribution in [0, 0.1) is 0 Å². The third-order valence-corrected chi connectivity index (χ3v) is 2.19. The molecule has 0 bridgehead atoms. The Morgan fingerprint density at radius 1 is 1.50 bits per heavy atom. The minimum Gasteiger partial charge on any atom is -0.434 e. The van der Waals surface area contributed by atoms with Gasteiger partial charge in [-0.05, 0) is 0 Å². The van der Waals surface area contributed by atoms with E-state index in [1.165, 1.54) is 0 Å². The van der Waals surface area contributed by atoms with Crippen LogP contribution in [0.4, 0.5) is 8.08 Å². The SMILES string of the molecule is CP(=O)(F)[N-]S(=O)(=O)F.[Li+]. The van der Waals surface area contributed by atoms with E-state index in [0.717, 1.165) is 0 Å². The second-order valence-electron chi connectivity index (χ2n) is 1.27. The van der Waals surface area contributed by atoms with E-state index >= 15 is 0 Å². The van der Waals surface area contributed by atoms with Gasteiger partial charge in [0.15, 0.2) is 7.60 Å². The van der Waals surface area contributed by atoms with Crippen molar-refractivity contribution in [2.45, 2.75) is 0 Å². The molecular formula is CH3F2LiNO3PS. The van der Waals surface area contributed by atoms with Crippen LogP contribution >= 0.6 is 7.60 Å². The Hall–Kier alpha value is 0.597. The molecule has 56 valence electrons. The molecule has 0 aliphatic rings. The molecule has 0 aromatic carbocycles. The third-order valence-electron chi connectivity index (χ3n) is 0.243. The summed E-state index contributed by atoms with van der Waals surface area (Å²) in [6.45, 7) is 0.393. The van der Waals surface area contributed by atoms with Crippen molar-refractivity contribution in [3.8, 4) is 0 Å². The topological polar surface area (TPSA) is 65.3 Å². The fourth-order valence-corrected chi connectivity index (χ4v) is 1.57. The van der Waals surface area contributed by atoms with Crippen molar-refractivity contribution in [2.75, 3.05) is 6.66 Å². The van der Waals surface area contributed by atoms with Crippen molar-refractivity contribution < 1.29 is 39.9 Å². The van der Waals surface area contributed by atoms with Gasteiger partial charge < -0.3 is 9.06 Å². The molecule has 0 heterocycles. The summed E-state index contributed by atoms with van der Waals surface area (Å²) < 4.78 is 53.2. The Kier molecular flexibility index (Phi) is 5.07. The molecule has 0 saturated heterocycles. The molecule has 0 spiro atoms. The number of hydrogen-bond donors (Lipinski definition) is 0. The molecule has 0 amide bonds. The molecule has 0 aromatic rings. The van der Waals surface area contributed by atoms with Gasteiger partial charge in [0, 0.05) is 6.66 Å². The first-order chi connectivity index (χ1) is 3.71. The maximum absolute atomic E-state index is 11.7. The summed E-state index contributed by atoms with van der Waals surface area (Å²) in [6, 6.07) is 0. The molecule has 0 aliphatic carbocycles. The van der Waals surface area contributed by atoms with Crippen LogP contribution in [-0.2, 0) is 15.0 Å². The normalized spacial score (nSPS) is 17.1. The van der Waals surface area contributed by atoms with Gasteiger partial charge in [-0.2, -0.15) is 0 Å². The summed E-state index contributed by atoms with van der Waals surface area (Å²) in [7, 11) is -9.92. The van der Waals surface area contributed by atoms with E-state index in [-0.39, 0.29) is 18.9 Å². The van der Waals surface area contributed by atoms with Crippen LogP contribution in [0.3, 0.4) is 0 Å². The van der Waals surface area contributed by atoms with Crippen LogP contribution in [0.1, 0.15) is 0 Å². The number of nitrogens with zero attached hydrogens (tertiary/aromatic N) is 1. The average Bonchev–Trinajstić information content (AvgIpc) is 1.14. The second kappa shape index (κ2) is 3.84. The van der Waals surface area contributed by atoms with Crippen molar-refractivity contribution in [1.82, 2.24) is 0 Å². The summed E-state index contributed by atoms with van der Waals surface area (Å²) in [5.41, 5.74) is 0. The van der Waals surface area contributed by atoms with Gasteiger partial charge in [-0.25, -0.2) is 12.6 Å². The monoisotopic (exact) mass is 185 g/mol. The van der Waals surface area contributed by atoms with Crippen molar-refractivity contribution in [1.29, 1.82) is 0 Å². The summed E-state index contributed by atoms with van der Waals surface area (Å²) in [5, 5.41) is 0. The molecule has 0 aromatic heterocycles. The number of halogens is 2. The zero-order valence-electron chi connectivity index (χ0n) is 5.28. The summed E-state index contributed by atoms with van der Waals surface area (Å²) in [4.78, 5) is 0. The first-order valence-corrected chi connectivity index (χ1v) is 5.01. The zero-order chi connectivity index (χ0) is 7.71. The molecule has 4 nitrogen and oxygen atoms in total. The first-order valence-electron chi connectivity index (χ1n) is 1.67. The van der Waals surface area contributed by atoms with Crippen molar-refractivity contribution in [3.05, 3.63) is 4.49 Å². The molecule has 1 unspecified atom stereocenters. The van der Waals surface area contributed by atoms with Gasteiger partial charge in [0.1, 0.15) is 0 Å². The standard InChI is InChI=1S/CH3F2NO3PS.Li/c1-8(2,5)4-9(3,6)7;/h1H3;/q-1;+1. The van der Waals surface area contributed by atoms with Crippen LogP contribution in [0.15, 0.2) is 0 Å². The van der Waals surface area contributed by atoms with E-state index in [9.17, 15) is 21.1 Å². The molecule has 0 saturated carbocycles. The summed E-state index contributed by atoms with van der Waals surface area (Å²) in [5.74, 6) is 0. The van der Waals surface area contributed by atoms with E-state index in [1.54, 1.807) is 4.49 Å². The zero-order valence-corrected chi connectivity index (χ0v) is 6.99. The molecule has 1 atom stereocenters. The van der Waals surface area contributed by atoms with Crippen molar-refractivity contribution in [2.24, 2.45) is 0 Å². The minimum atomic E-state index is -5.29. The van der Waals surface area contributed by atoms with Crippen LogP contribution in [0.2, 0.25) is 0 Å². The van der Waals surface area contributed by atoms with Crippen LogP contribution in [-0.4, -0.2) is 15.1 Å². The van der Waals surface area contributed by atoms with Crippen molar-refractivity contribution >= 4 is 18.0 Å². The average molecular weight is 185 g/mol. The molecular weight excluding hydrogens is 182 g/mol. The van der Waals surface area contributed by atoms with Crippen LogP contribution in [0.5, 0.6) is 0 Å². The second-order valence-corrected chi connectivity index (χ2v) is 4.30. The number of rotatable bonds is 2. The molecule has 0 N–H and O–H groups in total. The van der Waals surface area contributed by atoms with E-state index in [1.807, 2.05) is 0 Å². The molecule has 0 rings (SSSR count). The Morgan fingerprint density at radius 3 is 1.80 bits per heavy atom. The number of hydrogen-bond acceptors (Lipinski definition) is 3. The van der Waals surface area contributed by atoms with Gasteiger partial charge in [-0.3, -0.25) is 0 Å². The summed E-state index contributed by atoms with van der Waals surface area (Å²) in [6.07, 6.45) is 0. The predicted octanol–water partition coefficient (Wildman–Crippen LogP) is -1.63. The maximum atomic E-state index is 11.7. The first kappa shape index (κ1) is 13.2. The fourth-order valence-electron chi connectivity index (χ4n) is 0.174. The van der Waals surface area contributed by atoms with Crippen LogP contribution < -0.4 is 18.9 Å². The quantitative estimate of drug-likeness (QED) is 0.294. The smallest absolute Gasteiger partial charge is 0.434 e. The van der Waals surface area contributed by atoms with E-state index in [0.29, 0.717) is 6.66 Å². The minimum absolute atomic E-state index is 0. The van der Waals surface area contributed by atoms with Gasteiger partial charge >= 0.3 is 18.9 Å². The Morgan fingerprint density at radius 2 is 1.80 bits per heavy atom. The van der Waals surface area contributed by atoms with Gasteiger partial charge in [0.05, 0.1) is 0 Å². The summed E-state index contributed by atoms with van der Waals surface area (Å²) >= 11 is 0. The molecule has 9 heteroatoms. The van der Waals surface area contributed by atoms with Gasteiger partial charge in [-0.15, -0.1) is 3.89 Å². The maximum Gasteiger partial charge on any atom is 1.00 e. The molecule has 0 aliphatic heterocycles. The van der Waals surface area contributed by atoms with Gasteiger partial charge in [0.25, 0.3) is 0 Å². The van der Waals surface area contributed by atoms with Crippen molar-refractivity contribution in [3.63, 3.8) is 0 Å². The fraction of sp³-hybridized carbons (Fsp3) is 1.00. The van der Waals surface area contributed by atoms with Crippen LogP contribution in [0.25, 0.3) is 4.49 Å². The predicted molar refractivity (Wildman–Crippen MR) is 28.0 cm³/mol. The Balaban J connectivity index is 0. The third kappa shape index (κ3) is 11.4. The molecule has 0 fully saturated rings. The Labute approximate surface area is 69.4 Å². The van der Waals surface area contributed by atoms with E-state index < -0.39 is 18.0 Å². The van der Waals surface area contributed by atoms with Gasteiger partial charge in [-0.1, -0.05) is 0 Å². The van der Waals surface area contributed by atoms with E-state index in [2.05, 4.69) is 0 Å². The van der Waals surface area contributed by atoms with E-state index in [4.69, 9.17) is 0 Å². The molecule has 10 heavy (non-hydrogen) atoms. The largest absolute Gasteiger partial charge is 1.00 e. The van der Waals surface area contributed by atoms with Gasteiger partial charge in [0.2, 0.25) is 10.4 Å². The Bertz CT molecular complexity index is 233.